The highest BCUT2D eigenvalue weighted by Crippen LogP contribution is 2.26. The minimum Gasteiger partial charge on any atom is -0.484 e. The SMILES string of the molecule is O=C(COc1ccc2ccccc2c1)NCC(c1ccsc1)N1CCCC1. The standard InChI is InChI=1S/C22H24N2O2S/c25-22(15-26-20-8-7-17-5-1-2-6-18(17)13-20)23-14-21(19-9-12-27-16-19)24-10-3-4-11-24/h1-2,5-9,12-13,16,21H,3-4,10-11,14-15H2,(H,23,25). The molecule has 1 saturated heterocycles. The van der Waals surface area contributed by atoms with Crippen LogP contribution in [0.3, 0.4) is 0 Å². The number of hydrogen-bond donors (Lipinski definition) is 1. The molecule has 0 aliphatic carbocycles. The van der Waals surface area contributed by atoms with Gasteiger partial charge in [0, 0.05) is 6.54 Å². The molecular formula is C22H24N2O2S. The van der Waals surface area contributed by atoms with Gasteiger partial charge in [-0.1, -0.05) is 30.3 Å². The number of thiophene rings is 1. The number of rotatable bonds is 7. The highest BCUT2D eigenvalue weighted by Gasteiger charge is 2.24. The number of hydrogen-bond acceptors (Lipinski definition) is 4. The van der Waals surface area contributed by atoms with Crippen LogP contribution in [-0.4, -0.2) is 37.0 Å². The minimum absolute atomic E-state index is 0.0364. The summed E-state index contributed by atoms with van der Waals surface area (Å²) in [6.45, 7) is 2.86. The molecule has 1 unspecified atom stereocenters. The van der Waals surface area contributed by atoms with E-state index in [0.29, 0.717) is 6.54 Å². The summed E-state index contributed by atoms with van der Waals surface area (Å²) < 4.78 is 5.70. The fraction of sp³-hybridized carbons (Fsp3) is 0.318. The summed E-state index contributed by atoms with van der Waals surface area (Å²) in [7, 11) is 0. The number of likely N-dealkylation sites (tertiary alicyclic amines) is 1. The van der Waals surface area contributed by atoms with E-state index in [1.807, 2.05) is 36.4 Å². The third kappa shape index (κ3) is 4.49. The molecule has 1 N–H and O–H groups in total. The predicted molar refractivity (Wildman–Crippen MR) is 110 cm³/mol. The average Bonchev–Trinajstić information content (AvgIpc) is 3.41. The van der Waals surface area contributed by atoms with Crippen molar-refractivity contribution in [2.75, 3.05) is 26.2 Å². The summed E-state index contributed by atoms with van der Waals surface area (Å²) >= 11 is 1.71. The van der Waals surface area contributed by atoms with Crippen LogP contribution in [-0.2, 0) is 4.79 Å². The zero-order chi connectivity index (χ0) is 18.5. The van der Waals surface area contributed by atoms with Crippen LogP contribution in [0.4, 0.5) is 0 Å². The number of nitrogens with zero attached hydrogens (tertiary/aromatic N) is 1. The first kappa shape index (κ1) is 18.0. The van der Waals surface area contributed by atoms with Gasteiger partial charge in [-0.2, -0.15) is 11.3 Å². The van der Waals surface area contributed by atoms with Crippen molar-refractivity contribution in [3.8, 4) is 5.75 Å². The molecule has 140 valence electrons. The van der Waals surface area contributed by atoms with Crippen molar-refractivity contribution < 1.29 is 9.53 Å². The summed E-state index contributed by atoms with van der Waals surface area (Å²) in [5, 5.41) is 9.61. The van der Waals surface area contributed by atoms with Gasteiger partial charge < -0.3 is 10.1 Å². The van der Waals surface area contributed by atoms with Gasteiger partial charge in [-0.15, -0.1) is 0 Å². The molecular weight excluding hydrogens is 356 g/mol. The zero-order valence-electron chi connectivity index (χ0n) is 15.3. The van der Waals surface area contributed by atoms with Crippen LogP contribution >= 0.6 is 11.3 Å². The van der Waals surface area contributed by atoms with Crippen molar-refractivity contribution in [3.05, 3.63) is 64.9 Å². The van der Waals surface area contributed by atoms with E-state index in [1.54, 1.807) is 11.3 Å². The Hall–Kier alpha value is -2.37. The molecule has 1 aliphatic rings. The molecule has 3 aromatic rings. The van der Waals surface area contributed by atoms with E-state index in [-0.39, 0.29) is 18.6 Å². The van der Waals surface area contributed by atoms with Crippen LogP contribution in [0.5, 0.6) is 5.75 Å². The Bertz CT molecular complexity index is 888. The Morgan fingerprint density at radius 1 is 1.11 bits per heavy atom. The maximum Gasteiger partial charge on any atom is 0.258 e. The number of fused-ring (bicyclic) bond motifs is 1. The van der Waals surface area contributed by atoms with Crippen molar-refractivity contribution in [1.29, 1.82) is 0 Å². The Morgan fingerprint density at radius 2 is 1.93 bits per heavy atom. The second kappa shape index (κ2) is 8.55. The largest absolute Gasteiger partial charge is 0.484 e. The van der Waals surface area contributed by atoms with E-state index in [9.17, 15) is 4.79 Å². The lowest BCUT2D eigenvalue weighted by molar-refractivity contribution is -0.123. The zero-order valence-corrected chi connectivity index (χ0v) is 16.1. The molecule has 0 spiro atoms. The number of amides is 1. The van der Waals surface area contributed by atoms with Crippen LogP contribution < -0.4 is 10.1 Å². The summed E-state index contributed by atoms with van der Waals surface area (Å²) in [5.74, 6) is 0.639. The minimum atomic E-state index is -0.0809. The first-order valence-corrected chi connectivity index (χ1v) is 10.4. The molecule has 2 heterocycles. The molecule has 1 aromatic heterocycles. The first-order chi connectivity index (χ1) is 13.3. The van der Waals surface area contributed by atoms with E-state index in [2.05, 4.69) is 33.1 Å². The Labute approximate surface area is 163 Å². The molecule has 27 heavy (non-hydrogen) atoms. The highest BCUT2D eigenvalue weighted by molar-refractivity contribution is 7.07. The molecule has 2 aromatic carbocycles. The van der Waals surface area contributed by atoms with Gasteiger partial charge >= 0.3 is 0 Å². The van der Waals surface area contributed by atoms with E-state index >= 15 is 0 Å². The molecule has 4 nitrogen and oxygen atoms in total. The summed E-state index contributed by atoms with van der Waals surface area (Å²) in [4.78, 5) is 14.8. The summed E-state index contributed by atoms with van der Waals surface area (Å²) in [6.07, 6.45) is 2.47. The molecule has 1 amide bonds. The fourth-order valence-corrected chi connectivity index (χ4v) is 4.35. The number of ether oxygens (including phenoxy) is 1. The highest BCUT2D eigenvalue weighted by atomic mass is 32.1. The molecule has 5 heteroatoms. The van der Waals surface area contributed by atoms with Gasteiger partial charge in [0.1, 0.15) is 5.75 Å². The molecule has 1 fully saturated rings. The second-order valence-corrected chi connectivity index (χ2v) is 7.70. The van der Waals surface area contributed by atoms with Crippen LogP contribution in [0, 0.1) is 0 Å². The van der Waals surface area contributed by atoms with Crippen molar-refractivity contribution in [1.82, 2.24) is 10.2 Å². The first-order valence-electron chi connectivity index (χ1n) is 9.44. The van der Waals surface area contributed by atoms with Crippen LogP contribution in [0.25, 0.3) is 10.8 Å². The van der Waals surface area contributed by atoms with Gasteiger partial charge in [-0.05, 0) is 71.2 Å². The monoisotopic (exact) mass is 380 g/mol. The number of carbonyl (C=O) groups is 1. The number of carbonyl (C=O) groups excluding carboxylic acids is 1. The van der Waals surface area contributed by atoms with E-state index in [1.165, 1.54) is 23.8 Å². The third-order valence-corrected chi connectivity index (χ3v) is 5.79. The van der Waals surface area contributed by atoms with Crippen LogP contribution in [0.15, 0.2) is 59.3 Å². The maximum absolute atomic E-state index is 12.3. The van der Waals surface area contributed by atoms with E-state index < -0.39 is 0 Å². The van der Waals surface area contributed by atoms with Gasteiger partial charge in [-0.3, -0.25) is 9.69 Å². The molecule has 1 aliphatic heterocycles. The van der Waals surface area contributed by atoms with Gasteiger partial charge in [-0.25, -0.2) is 0 Å². The van der Waals surface area contributed by atoms with Gasteiger partial charge in [0.15, 0.2) is 6.61 Å². The lowest BCUT2D eigenvalue weighted by Crippen LogP contribution is -2.38. The lowest BCUT2D eigenvalue weighted by atomic mass is 10.1. The molecule has 0 radical (unpaired) electrons. The molecule has 1 atom stereocenters. The van der Waals surface area contributed by atoms with Crippen molar-refractivity contribution >= 4 is 28.0 Å². The molecule has 4 rings (SSSR count). The van der Waals surface area contributed by atoms with E-state index in [4.69, 9.17) is 4.74 Å². The van der Waals surface area contributed by atoms with E-state index in [0.717, 1.165) is 24.2 Å². The average molecular weight is 381 g/mol. The third-order valence-electron chi connectivity index (χ3n) is 5.09. The van der Waals surface area contributed by atoms with Crippen LogP contribution in [0.2, 0.25) is 0 Å². The van der Waals surface area contributed by atoms with Crippen molar-refractivity contribution in [2.45, 2.75) is 18.9 Å². The Morgan fingerprint density at radius 3 is 2.70 bits per heavy atom. The Kier molecular flexibility index (Phi) is 5.70. The van der Waals surface area contributed by atoms with Gasteiger partial charge in [0.2, 0.25) is 0 Å². The molecule has 0 saturated carbocycles. The summed E-state index contributed by atoms with van der Waals surface area (Å²) in [5.41, 5.74) is 1.29. The maximum atomic E-state index is 12.3. The lowest BCUT2D eigenvalue weighted by Gasteiger charge is -2.27. The topological polar surface area (TPSA) is 41.6 Å². The molecule has 0 bridgehead atoms. The predicted octanol–water partition coefficient (Wildman–Crippen LogP) is 4.23. The quantitative estimate of drug-likeness (QED) is 0.667. The smallest absolute Gasteiger partial charge is 0.258 e. The fourth-order valence-electron chi connectivity index (χ4n) is 3.64. The number of benzene rings is 2. The summed E-state index contributed by atoms with van der Waals surface area (Å²) in [6, 6.07) is 16.4. The van der Waals surface area contributed by atoms with Crippen molar-refractivity contribution in [3.63, 3.8) is 0 Å². The Balaban J connectivity index is 1.32. The normalized spacial score (nSPS) is 15.7. The van der Waals surface area contributed by atoms with Gasteiger partial charge in [0.05, 0.1) is 6.04 Å². The second-order valence-electron chi connectivity index (χ2n) is 6.92. The number of nitrogens with one attached hydrogen (secondary N) is 1. The van der Waals surface area contributed by atoms with Gasteiger partial charge in [0.25, 0.3) is 5.91 Å². The van der Waals surface area contributed by atoms with Crippen LogP contribution in [0.1, 0.15) is 24.4 Å². The van der Waals surface area contributed by atoms with Crippen molar-refractivity contribution in [2.24, 2.45) is 0 Å².